The Hall–Kier alpha value is -3.00. The SMILES string of the molecule is CC[C@H]1/C=C/C=C/C=C/C=C/[C@H](O[C@@H]2OC[C@@H](O)[C@H](N)[C@@H]2O)C[C@@H]2O[C@](O)(C[C@@H](O)C[C@@H](O)[C@H](O)/C=C/C(=O)O[C@@H]1C)C[C@H](O)[C@H]2NC(=O)NC. The zero-order valence-corrected chi connectivity index (χ0v) is 29.2. The van der Waals surface area contributed by atoms with Gasteiger partial charge in [0.25, 0.3) is 0 Å². The molecule has 0 aromatic heterocycles. The number of hydrogen-bond donors (Lipinski definition) is 10. The van der Waals surface area contributed by atoms with Crippen LogP contribution in [0.5, 0.6) is 0 Å². The lowest BCUT2D eigenvalue weighted by molar-refractivity contribution is -0.299. The Bertz CT molecular complexity index is 1260. The Labute approximate surface area is 297 Å². The number of amides is 2. The number of carbonyl (C=O) groups is 2. The molecule has 0 aliphatic carbocycles. The van der Waals surface area contributed by atoms with Crippen LogP contribution in [-0.2, 0) is 23.7 Å². The summed E-state index contributed by atoms with van der Waals surface area (Å²) in [5.41, 5.74) is 5.94. The van der Waals surface area contributed by atoms with Crippen LogP contribution in [0.1, 0.15) is 46.0 Å². The van der Waals surface area contributed by atoms with Gasteiger partial charge in [-0.15, -0.1) is 0 Å². The number of carbonyl (C=O) groups excluding carboxylic acids is 2. The quantitative estimate of drug-likeness (QED) is 0.155. The number of nitrogens with two attached hydrogens (primary N) is 1. The first-order valence-corrected chi connectivity index (χ1v) is 17.2. The maximum atomic E-state index is 12.4. The first-order chi connectivity index (χ1) is 24.2. The molecule has 288 valence electrons. The molecule has 3 aliphatic heterocycles. The number of fused-ring (bicyclic) bond motifs is 2. The van der Waals surface area contributed by atoms with E-state index in [4.69, 9.17) is 24.7 Å². The van der Waals surface area contributed by atoms with Gasteiger partial charge in [0.2, 0.25) is 0 Å². The van der Waals surface area contributed by atoms with Gasteiger partial charge in [0, 0.05) is 44.7 Å². The van der Waals surface area contributed by atoms with Crippen LogP contribution >= 0.6 is 0 Å². The van der Waals surface area contributed by atoms with Crippen molar-refractivity contribution in [3.05, 3.63) is 60.8 Å². The van der Waals surface area contributed by atoms with E-state index in [0.717, 1.165) is 12.2 Å². The van der Waals surface area contributed by atoms with Crippen LogP contribution in [0.15, 0.2) is 60.8 Å². The Morgan fingerprint density at radius 1 is 0.961 bits per heavy atom. The molecule has 3 aliphatic rings. The molecule has 0 spiro atoms. The van der Waals surface area contributed by atoms with Crippen molar-refractivity contribution in [1.29, 1.82) is 0 Å². The Morgan fingerprint density at radius 3 is 2.29 bits per heavy atom. The van der Waals surface area contributed by atoms with Gasteiger partial charge in [-0.2, -0.15) is 0 Å². The van der Waals surface area contributed by atoms with E-state index in [2.05, 4.69) is 10.6 Å². The van der Waals surface area contributed by atoms with Gasteiger partial charge in [-0.05, 0) is 19.4 Å². The van der Waals surface area contributed by atoms with E-state index < -0.39 is 110 Å². The number of urea groups is 1. The molecule has 2 bridgehead atoms. The molecule has 0 unspecified atom stereocenters. The lowest BCUT2D eigenvalue weighted by Gasteiger charge is -2.46. The van der Waals surface area contributed by atoms with Crippen molar-refractivity contribution < 1.29 is 64.3 Å². The highest BCUT2D eigenvalue weighted by Gasteiger charge is 2.48. The van der Waals surface area contributed by atoms with Crippen molar-refractivity contribution in [3.8, 4) is 0 Å². The second kappa shape index (κ2) is 20.3. The van der Waals surface area contributed by atoms with E-state index in [9.17, 15) is 45.3 Å². The second-order valence-electron chi connectivity index (χ2n) is 13.1. The molecule has 11 N–H and O–H groups in total. The third-order valence-electron chi connectivity index (χ3n) is 9.07. The number of aliphatic hydroxyl groups excluding tert-OH is 6. The van der Waals surface area contributed by atoms with Gasteiger partial charge < -0.3 is 71.1 Å². The Balaban J connectivity index is 1.96. The number of allylic oxidation sites excluding steroid dienone is 6. The minimum Gasteiger partial charge on any atom is -0.459 e. The lowest BCUT2D eigenvalue weighted by Crippen LogP contribution is -2.63. The molecule has 3 heterocycles. The second-order valence-corrected chi connectivity index (χ2v) is 13.1. The maximum absolute atomic E-state index is 12.4. The van der Waals surface area contributed by atoms with E-state index in [1.165, 1.54) is 7.05 Å². The van der Waals surface area contributed by atoms with Gasteiger partial charge in [-0.1, -0.05) is 55.5 Å². The fourth-order valence-corrected chi connectivity index (χ4v) is 6.12. The van der Waals surface area contributed by atoms with Gasteiger partial charge in [0.1, 0.15) is 12.2 Å². The normalized spacial score (nSPS) is 43.7. The summed E-state index contributed by atoms with van der Waals surface area (Å²) < 4.78 is 23.1. The minimum absolute atomic E-state index is 0.107. The predicted octanol–water partition coefficient (Wildman–Crippen LogP) is -1.08. The van der Waals surface area contributed by atoms with Crippen LogP contribution in [0.3, 0.4) is 0 Å². The highest BCUT2D eigenvalue weighted by atomic mass is 16.7. The third-order valence-corrected chi connectivity index (χ3v) is 9.07. The zero-order valence-electron chi connectivity index (χ0n) is 29.2. The molecule has 0 saturated carbocycles. The number of nitrogens with one attached hydrogen (secondary N) is 2. The van der Waals surface area contributed by atoms with Crippen molar-refractivity contribution in [1.82, 2.24) is 10.6 Å². The number of hydrogen-bond acceptors (Lipinski definition) is 14. The summed E-state index contributed by atoms with van der Waals surface area (Å²) in [4.78, 5) is 24.8. The average molecular weight is 726 g/mol. The highest BCUT2D eigenvalue weighted by molar-refractivity contribution is 5.82. The largest absolute Gasteiger partial charge is 0.459 e. The van der Waals surface area contributed by atoms with E-state index in [0.29, 0.717) is 6.42 Å². The molecular formula is C35H55N3O13. The van der Waals surface area contributed by atoms with Crippen LogP contribution in [-0.4, -0.2) is 140 Å². The molecule has 0 radical (unpaired) electrons. The lowest BCUT2D eigenvalue weighted by atomic mass is 9.87. The van der Waals surface area contributed by atoms with Crippen LogP contribution in [0.2, 0.25) is 0 Å². The summed E-state index contributed by atoms with van der Waals surface area (Å²) in [5, 5.41) is 80.3. The van der Waals surface area contributed by atoms with Crippen molar-refractivity contribution in [2.45, 2.75) is 125 Å². The fraction of sp³-hybridized carbons (Fsp3) is 0.657. The Kier molecular flexibility index (Phi) is 16.9. The molecule has 14 atom stereocenters. The molecule has 3 rings (SSSR count). The third kappa shape index (κ3) is 13.2. The summed E-state index contributed by atoms with van der Waals surface area (Å²) in [5.74, 6) is -3.00. The van der Waals surface area contributed by atoms with Crippen LogP contribution in [0.25, 0.3) is 0 Å². The molecule has 2 amide bonds. The van der Waals surface area contributed by atoms with Crippen LogP contribution < -0.4 is 16.4 Å². The van der Waals surface area contributed by atoms with Gasteiger partial charge in [0.15, 0.2) is 12.1 Å². The summed E-state index contributed by atoms with van der Waals surface area (Å²) in [6.45, 7) is 3.49. The Morgan fingerprint density at radius 2 is 1.63 bits per heavy atom. The monoisotopic (exact) mass is 725 g/mol. The molecule has 51 heavy (non-hydrogen) atoms. The number of rotatable bonds is 4. The molecule has 0 aromatic rings. The highest BCUT2D eigenvalue weighted by Crippen LogP contribution is 2.35. The molecule has 2 fully saturated rings. The summed E-state index contributed by atoms with van der Waals surface area (Å²) >= 11 is 0. The maximum Gasteiger partial charge on any atom is 0.330 e. The number of ether oxygens (including phenoxy) is 4. The van der Waals surface area contributed by atoms with Crippen molar-refractivity contribution >= 4 is 12.0 Å². The van der Waals surface area contributed by atoms with Gasteiger partial charge in [-0.25, -0.2) is 9.59 Å². The van der Waals surface area contributed by atoms with E-state index in [1.54, 1.807) is 43.4 Å². The first kappa shape index (κ1) is 42.4. The number of aliphatic hydroxyl groups is 7. The van der Waals surface area contributed by atoms with E-state index >= 15 is 0 Å². The molecular weight excluding hydrogens is 670 g/mol. The van der Waals surface area contributed by atoms with Gasteiger partial charge in [-0.3, -0.25) is 0 Å². The minimum atomic E-state index is -2.17. The van der Waals surface area contributed by atoms with Crippen molar-refractivity contribution in [2.75, 3.05) is 13.7 Å². The summed E-state index contributed by atoms with van der Waals surface area (Å²) in [7, 11) is 1.38. The summed E-state index contributed by atoms with van der Waals surface area (Å²) in [6.07, 6.45) is 2.77. The molecule has 2 saturated heterocycles. The standard InChI is InChI=1S/C35H55N3O13/c1-4-21-11-9-7-5-6-8-10-12-23(50-33-32(45)30(36)27(43)19-48-33)16-28-31(38-34(46)37-3)26(42)18-35(47,51-28)17-22(39)15-25(41)24(40)13-14-29(44)49-20(21)2/h5-14,20-28,30-33,39-43,45,47H,4,15-19,36H2,1-3H3,(H2,37,38,46)/b7-5+,8-6+,11-9+,12-10+,14-13+/t20-,21+,22+,23+,24-,25-,26+,27-,28+,30+,31-,32+,33+,35-/m1/s1. The van der Waals surface area contributed by atoms with Gasteiger partial charge >= 0.3 is 12.0 Å². The smallest absolute Gasteiger partial charge is 0.330 e. The zero-order chi connectivity index (χ0) is 37.7. The van der Waals surface area contributed by atoms with E-state index in [-0.39, 0.29) is 18.9 Å². The van der Waals surface area contributed by atoms with Crippen LogP contribution in [0, 0.1) is 5.92 Å². The molecule has 0 aromatic carbocycles. The summed E-state index contributed by atoms with van der Waals surface area (Å²) in [6, 6.07) is -2.79. The van der Waals surface area contributed by atoms with Gasteiger partial charge in [0.05, 0.1) is 61.4 Å². The van der Waals surface area contributed by atoms with E-state index in [1.807, 2.05) is 19.1 Å². The predicted molar refractivity (Wildman–Crippen MR) is 183 cm³/mol. The van der Waals surface area contributed by atoms with Crippen molar-refractivity contribution in [2.24, 2.45) is 11.7 Å². The average Bonchev–Trinajstić information content (AvgIpc) is 3.07. The fourth-order valence-electron chi connectivity index (χ4n) is 6.12. The number of esters is 1. The topological polar surface area (TPSA) is 263 Å². The van der Waals surface area contributed by atoms with Crippen LogP contribution in [0.4, 0.5) is 4.79 Å². The first-order valence-electron chi connectivity index (χ1n) is 17.2. The van der Waals surface area contributed by atoms with Crippen molar-refractivity contribution in [3.63, 3.8) is 0 Å². The molecule has 16 heteroatoms. The number of cyclic esters (lactones) is 1. The molecule has 16 nitrogen and oxygen atoms in total.